The first kappa shape index (κ1) is 25.9. The van der Waals surface area contributed by atoms with Gasteiger partial charge in [0.15, 0.2) is 5.82 Å². The Morgan fingerprint density at radius 3 is 2.42 bits per heavy atom. The van der Waals surface area contributed by atoms with Gasteiger partial charge in [0.05, 0.1) is 42.2 Å². The van der Waals surface area contributed by atoms with E-state index >= 15 is 0 Å². The van der Waals surface area contributed by atoms with Crippen molar-refractivity contribution in [3.05, 3.63) is 30.1 Å². The summed E-state index contributed by atoms with van der Waals surface area (Å²) in [5, 5.41) is 10.2. The number of morpholine rings is 1. The van der Waals surface area contributed by atoms with Crippen LogP contribution in [0.3, 0.4) is 0 Å². The third-order valence-electron chi connectivity index (χ3n) is 7.19. The highest BCUT2D eigenvalue weighted by Gasteiger charge is 2.50. The van der Waals surface area contributed by atoms with Crippen LogP contribution in [0.1, 0.15) is 51.7 Å². The molecule has 2 aliphatic heterocycles. The molecule has 2 saturated heterocycles. The average molecular weight is 500 g/mol. The highest BCUT2D eigenvalue weighted by Crippen LogP contribution is 2.38. The van der Waals surface area contributed by atoms with E-state index in [-0.39, 0.29) is 30.2 Å². The second kappa shape index (κ2) is 10.1. The number of nitrogens with one attached hydrogen (secondary N) is 1. The highest BCUT2D eigenvalue weighted by atomic mass is 16.5. The van der Waals surface area contributed by atoms with E-state index in [1.165, 1.54) is 4.90 Å². The molecule has 2 aliphatic rings. The van der Waals surface area contributed by atoms with Gasteiger partial charge in [0.1, 0.15) is 0 Å². The van der Waals surface area contributed by atoms with Gasteiger partial charge in [0.2, 0.25) is 5.91 Å². The molecule has 1 aromatic heterocycles. The topological polar surface area (TPSA) is 119 Å². The number of piperidine rings is 1. The first-order valence-corrected chi connectivity index (χ1v) is 12.6. The Labute approximate surface area is 211 Å². The summed E-state index contributed by atoms with van der Waals surface area (Å²) in [7, 11) is 0. The quantitative estimate of drug-likeness (QED) is 0.667. The third-order valence-corrected chi connectivity index (χ3v) is 7.19. The number of para-hydroxylation sites is 2. The number of H-pyrrole nitrogens is 1. The van der Waals surface area contributed by atoms with Gasteiger partial charge in [-0.05, 0) is 37.8 Å². The van der Waals surface area contributed by atoms with Crippen molar-refractivity contribution >= 4 is 28.9 Å². The van der Waals surface area contributed by atoms with E-state index in [2.05, 4.69) is 9.97 Å². The summed E-state index contributed by atoms with van der Waals surface area (Å²) in [4.78, 5) is 52.4. The molecule has 10 heteroatoms. The van der Waals surface area contributed by atoms with E-state index in [0.29, 0.717) is 38.2 Å². The fourth-order valence-electron chi connectivity index (χ4n) is 5.73. The number of imidazole rings is 1. The molecule has 2 fully saturated rings. The molecular weight excluding hydrogens is 462 g/mol. The van der Waals surface area contributed by atoms with Crippen LogP contribution >= 0.6 is 0 Å². The highest BCUT2D eigenvalue weighted by molar-refractivity contribution is 5.94. The lowest BCUT2D eigenvalue weighted by atomic mass is 9.74. The summed E-state index contributed by atoms with van der Waals surface area (Å²) in [6.45, 7) is 11.8. The van der Waals surface area contributed by atoms with E-state index in [1.54, 1.807) is 9.80 Å². The van der Waals surface area contributed by atoms with Gasteiger partial charge in [0, 0.05) is 25.7 Å². The standard InChI is InChI=1S/C26H37N5O5/c1-16(2)31(24(33)22-27-18-8-6-7-9-19(18)28-22)20-14-17(23(32)29-10-12-36-13-11-29)15-30(25(34)35)21(20)26(3,4)5/h6-9,16-17,20-21H,10-15H2,1-5H3,(H,27,28)(H,34,35)/t17-,20+,21?/m1/s1. The molecule has 0 spiro atoms. The zero-order chi connectivity index (χ0) is 26.2. The van der Waals surface area contributed by atoms with Crippen LogP contribution in [0.5, 0.6) is 0 Å². The summed E-state index contributed by atoms with van der Waals surface area (Å²) >= 11 is 0. The van der Waals surface area contributed by atoms with E-state index in [1.807, 2.05) is 58.9 Å². The SMILES string of the molecule is CC(C)N(C(=O)c1nc2ccccc2[nH]1)[C@H]1C[C@@H](C(=O)N2CCOCC2)CN(C(=O)O)C1C(C)(C)C. The van der Waals surface area contributed by atoms with Crippen molar-refractivity contribution in [3.8, 4) is 0 Å². The molecule has 3 heterocycles. The van der Waals surface area contributed by atoms with Crippen molar-refractivity contribution in [1.82, 2.24) is 24.7 Å². The number of hydrogen-bond donors (Lipinski definition) is 2. The molecule has 3 amide bonds. The lowest BCUT2D eigenvalue weighted by Gasteiger charge is -2.53. The van der Waals surface area contributed by atoms with Crippen LogP contribution in [0.2, 0.25) is 0 Å². The Morgan fingerprint density at radius 1 is 1.17 bits per heavy atom. The molecule has 1 aromatic carbocycles. The van der Waals surface area contributed by atoms with Crippen LogP contribution in [0.25, 0.3) is 11.0 Å². The molecule has 0 saturated carbocycles. The average Bonchev–Trinajstić information content (AvgIpc) is 3.27. The van der Waals surface area contributed by atoms with E-state index < -0.39 is 29.5 Å². The van der Waals surface area contributed by atoms with Gasteiger partial charge in [-0.25, -0.2) is 9.78 Å². The van der Waals surface area contributed by atoms with Gasteiger partial charge in [-0.3, -0.25) is 9.59 Å². The van der Waals surface area contributed by atoms with Crippen molar-refractivity contribution < 1.29 is 24.2 Å². The minimum Gasteiger partial charge on any atom is -0.465 e. The largest absolute Gasteiger partial charge is 0.465 e. The van der Waals surface area contributed by atoms with Crippen LogP contribution in [0.15, 0.2) is 24.3 Å². The van der Waals surface area contributed by atoms with Gasteiger partial charge < -0.3 is 29.5 Å². The second-order valence-electron chi connectivity index (χ2n) is 11.1. The number of aromatic nitrogens is 2. The number of benzene rings is 1. The molecule has 10 nitrogen and oxygen atoms in total. The smallest absolute Gasteiger partial charge is 0.407 e. The predicted octanol–water partition coefficient (Wildman–Crippen LogP) is 3.06. The Kier molecular flexibility index (Phi) is 7.26. The van der Waals surface area contributed by atoms with Crippen LogP contribution in [0.4, 0.5) is 4.79 Å². The van der Waals surface area contributed by atoms with E-state index in [9.17, 15) is 19.5 Å². The summed E-state index contributed by atoms with van der Waals surface area (Å²) in [6, 6.07) is 6.18. The number of aromatic amines is 1. The Balaban J connectivity index is 1.74. The summed E-state index contributed by atoms with van der Waals surface area (Å²) in [5.74, 6) is -0.722. The van der Waals surface area contributed by atoms with Crippen molar-refractivity contribution in [1.29, 1.82) is 0 Å². The minimum atomic E-state index is -1.08. The van der Waals surface area contributed by atoms with Crippen LogP contribution in [-0.4, -0.2) is 98.7 Å². The lowest BCUT2D eigenvalue weighted by molar-refractivity contribution is -0.144. The number of hydrogen-bond acceptors (Lipinski definition) is 5. The molecule has 36 heavy (non-hydrogen) atoms. The molecule has 1 unspecified atom stereocenters. The Hall–Kier alpha value is -3.14. The van der Waals surface area contributed by atoms with Gasteiger partial charge in [-0.2, -0.15) is 0 Å². The predicted molar refractivity (Wildman–Crippen MR) is 135 cm³/mol. The van der Waals surface area contributed by atoms with Crippen molar-refractivity contribution in [2.24, 2.45) is 11.3 Å². The first-order chi connectivity index (χ1) is 17.0. The number of fused-ring (bicyclic) bond motifs is 1. The van der Waals surface area contributed by atoms with Crippen molar-refractivity contribution in [3.63, 3.8) is 0 Å². The molecular formula is C26H37N5O5. The molecule has 4 rings (SSSR count). The van der Waals surface area contributed by atoms with E-state index in [4.69, 9.17) is 4.74 Å². The fourth-order valence-corrected chi connectivity index (χ4v) is 5.73. The maximum Gasteiger partial charge on any atom is 0.407 e. The number of carboxylic acid groups (broad SMARTS) is 1. The number of nitrogens with zero attached hydrogens (tertiary/aromatic N) is 4. The molecule has 2 N–H and O–H groups in total. The fraction of sp³-hybridized carbons (Fsp3) is 0.615. The molecule has 196 valence electrons. The number of rotatable bonds is 4. The molecule has 0 radical (unpaired) electrons. The molecule has 0 aliphatic carbocycles. The third kappa shape index (κ3) is 5.04. The summed E-state index contributed by atoms with van der Waals surface area (Å²) in [5.41, 5.74) is 0.971. The number of carbonyl (C=O) groups excluding carboxylic acids is 2. The van der Waals surface area contributed by atoms with Crippen LogP contribution in [-0.2, 0) is 9.53 Å². The zero-order valence-corrected chi connectivity index (χ0v) is 21.7. The summed E-state index contributed by atoms with van der Waals surface area (Å²) in [6.07, 6.45) is -0.703. The maximum atomic E-state index is 13.9. The lowest BCUT2D eigenvalue weighted by Crippen LogP contribution is -2.67. The number of likely N-dealkylation sites (tertiary alicyclic amines) is 1. The second-order valence-corrected chi connectivity index (χ2v) is 11.1. The van der Waals surface area contributed by atoms with Gasteiger partial charge in [-0.15, -0.1) is 0 Å². The van der Waals surface area contributed by atoms with E-state index in [0.717, 1.165) is 5.52 Å². The number of amides is 3. The monoisotopic (exact) mass is 499 g/mol. The minimum absolute atomic E-state index is 0.0817. The van der Waals surface area contributed by atoms with Crippen molar-refractivity contribution in [2.75, 3.05) is 32.8 Å². The number of carbonyl (C=O) groups is 3. The number of ether oxygens (including phenoxy) is 1. The molecule has 0 bridgehead atoms. The van der Waals surface area contributed by atoms with Gasteiger partial charge >= 0.3 is 6.09 Å². The zero-order valence-electron chi connectivity index (χ0n) is 21.7. The van der Waals surface area contributed by atoms with Gasteiger partial charge in [0.25, 0.3) is 5.91 Å². The Morgan fingerprint density at radius 2 is 1.83 bits per heavy atom. The first-order valence-electron chi connectivity index (χ1n) is 12.6. The van der Waals surface area contributed by atoms with Crippen LogP contribution in [0, 0.1) is 11.3 Å². The maximum absolute atomic E-state index is 13.9. The van der Waals surface area contributed by atoms with Crippen molar-refractivity contribution in [2.45, 2.75) is 59.2 Å². The van der Waals surface area contributed by atoms with Crippen LogP contribution < -0.4 is 0 Å². The molecule has 3 atom stereocenters. The van der Waals surface area contributed by atoms with Gasteiger partial charge in [-0.1, -0.05) is 32.9 Å². The molecule has 2 aromatic rings. The Bertz CT molecular complexity index is 1080. The summed E-state index contributed by atoms with van der Waals surface area (Å²) < 4.78 is 5.39. The normalized spacial score (nSPS) is 23.2.